The van der Waals surface area contributed by atoms with Gasteiger partial charge in [-0.25, -0.2) is 4.98 Å². The number of benzene rings is 1. The molecule has 6 heteroatoms. The first kappa shape index (κ1) is 14.6. The van der Waals surface area contributed by atoms with Crippen LogP contribution in [0.5, 0.6) is 11.5 Å². The number of H-pyrrole nitrogens is 1. The molecule has 0 fully saturated rings. The summed E-state index contributed by atoms with van der Waals surface area (Å²) in [6.07, 6.45) is 5.06. The third kappa shape index (κ3) is 3.14. The molecule has 3 rings (SSSR count). The van der Waals surface area contributed by atoms with E-state index in [2.05, 4.69) is 21.5 Å². The van der Waals surface area contributed by atoms with E-state index in [9.17, 15) is 0 Å². The van der Waals surface area contributed by atoms with Crippen LogP contribution in [-0.2, 0) is 0 Å². The minimum atomic E-state index is -0.0559. The van der Waals surface area contributed by atoms with Crippen molar-refractivity contribution < 1.29 is 9.47 Å². The minimum Gasteiger partial charge on any atom is -0.489 e. The summed E-state index contributed by atoms with van der Waals surface area (Å²) in [5.41, 5.74) is 2.40. The van der Waals surface area contributed by atoms with E-state index in [0.717, 1.165) is 16.6 Å². The Labute approximate surface area is 133 Å². The van der Waals surface area contributed by atoms with E-state index < -0.39 is 0 Å². The standard InChI is InChI=1S/C17H14N4O2/c1-2-8-22-12-3-4-13(16(10-12)23-9-6-18)17-20-14-5-7-19-11-15(14)21-17/h2-5,7,10-11H,1,8-9H2,(H,20,21). The van der Waals surface area contributed by atoms with E-state index in [1.54, 1.807) is 24.5 Å². The predicted molar refractivity (Wildman–Crippen MR) is 86.1 cm³/mol. The maximum Gasteiger partial charge on any atom is 0.174 e. The molecular weight excluding hydrogens is 292 g/mol. The van der Waals surface area contributed by atoms with Crippen LogP contribution in [-0.4, -0.2) is 28.2 Å². The van der Waals surface area contributed by atoms with E-state index in [0.29, 0.717) is 23.9 Å². The second-order valence-corrected chi connectivity index (χ2v) is 4.68. The highest BCUT2D eigenvalue weighted by Crippen LogP contribution is 2.33. The first-order chi connectivity index (χ1) is 11.3. The highest BCUT2D eigenvalue weighted by atomic mass is 16.5. The summed E-state index contributed by atoms with van der Waals surface area (Å²) >= 11 is 0. The lowest BCUT2D eigenvalue weighted by molar-refractivity contribution is 0.348. The van der Waals surface area contributed by atoms with Crippen LogP contribution in [0.4, 0.5) is 0 Å². The maximum atomic E-state index is 8.76. The van der Waals surface area contributed by atoms with Crippen molar-refractivity contribution in [1.82, 2.24) is 15.0 Å². The van der Waals surface area contributed by atoms with Crippen molar-refractivity contribution in [3.63, 3.8) is 0 Å². The summed E-state index contributed by atoms with van der Waals surface area (Å²) in [6.45, 7) is 3.96. The van der Waals surface area contributed by atoms with E-state index in [-0.39, 0.29) is 6.61 Å². The van der Waals surface area contributed by atoms with Gasteiger partial charge in [-0.15, -0.1) is 0 Å². The fraction of sp³-hybridized carbons (Fsp3) is 0.118. The lowest BCUT2D eigenvalue weighted by Gasteiger charge is -2.10. The molecule has 0 amide bonds. The summed E-state index contributed by atoms with van der Waals surface area (Å²) in [5.74, 6) is 1.82. The van der Waals surface area contributed by atoms with Crippen LogP contribution < -0.4 is 9.47 Å². The maximum absolute atomic E-state index is 8.76. The molecule has 114 valence electrons. The Morgan fingerprint density at radius 1 is 1.30 bits per heavy atom. The summed E-state index contributed by atoms with van der Waals surface area (Å²) in [5, 5.41) is 8.76. The molecule has 3 aromatic rings. The molecule has 0 atom stereocenters. The molecule has 0 spiro atoms. The Balaban J connectivity index is 2.02. The van der Waals surface area contributed by atoms with E-state index >= 15 is 0 Å². The van der Waals surface area contributed by atoms with Crippen LogP contribution in [0.15, 0.2) is 49.3 Å². The zero-order chi connectivity index (χ0) is 16.1. The molecule has 0 unspecified atom stereocenters. The van der Waals surface area contributed by atoms with Crippen molar-refractivity contribution >= 4 is 11.0 Å². The number of rotatable bonds is 6. The molecule has 2 heterocycles. The van der Waals surface area contributed by atoms with Gasteiger partial charge in [0.25, 0.3) is 0 Å². The largest absolute Gasteiger partial charge is 0.489 e. The minimum absolute atomic E-state index is 0.0559. The third-order valence-electron chi connectivity index (χ3n) is 3.15. The molecule has 0 aliphatic rings. The second kappa shape index (κ2) is 6.62. The van der Waals surface area contributed by atoms with Crippen molar-refractivity contribution in [2.45, 2.75) is 0 Å². The molecule has 2 aromatic heterocycles. The number of nitrogens with one attached hydrogen (secondary N) is 1. The first-order valence-corrected chi connectivity index (χ1v) is 6.99. The van der Waals surface area contributed by atoms with Crippen molar-refractivity contribution in [3.05, 3.63) is 49.3 Å². The molecule has 0 aliphatic heterocycles. The van der Waals surface area contributed by atoms with Gasteiger partial charge in [-0.3, -0.25) is 4.98 Å². The van der Waals surface area contributed by atoms with Crippen LogP contribution in [0.25, 0.3) is 22.4 Å². The van der Waals surface area contributed by atoms with Gasteiger partial charge in [0.15, 0.2) is 6.61 Å². The van der Waals surface area contributed by atoms with Crippen LogP contribution >= 0.6 is 0 Å². The normalized spacial score (nSPS) is 10.2. The Hall–Kier alpha value is -3.33. The molecule has 0 saturated heterocycles. The van der Waals surface area contributed by atoms with E-state index in [4.69, 9.17) is 14.7 Å². The van der Waals surface area contributed by atoms with Gasteiger partial charge in [0.05, 0.1) is 22.8 Å². The number of hydrogen-bond donors (Lipinski definition) is 1. The van der Waals surface area contributed by atoms with Crippen LogP contribution in [0, 0.1) is 11.3 Å². The van der Waals surface area contributed by atoms with Gasteiger partial charge in [-0.2, -0.15) is 5.26 Å². The number of aromatic nitrogens is 3. The number of fused-ring (bicyclic) bond motifs is 1. The van der Waals surface area contributed by atoms with Gasteiger partial charge >= 0.3 is 0 Å². The van der Waals surface area contributed by atoms with E-state index in [1.165, 1.54) is 0 Å². The summed E-state index contributed by atoms with van der Waals surface area (Å²) in [6, 6.07) is 9.19. The summed E-state index contributed by atoms with van der Waals surface area (Å²) in [7, 11) is 0. The summed E-state index contributed by atoms with van der Waals surface area (Å²) in [4.78, 5) is 11.8. The van der Waals surface area contributed by atoms with Gasteiger partial charge in [-0.05, 0) is 18.2 Å². The fourth-order valence-corrected chi connectivity index (χ4v) is 2.16. The SMILES string of the molecule is C=CCOc1ccc(-c2nc3ccncc3[nH]2)c(OCC#N)c1. The molecule has 6 nitrogen and oxygen atoms in total. The fourth-order valence-electron chi connectivity index (χ4n) is 2.16. The number of nitriles is 1. The van der Waals surface area contributed by atoms with Crippen LogP contribution in [0.2, 0.25) is 0 Å². The van der Waals surface area contributed by atoms with Crippen molar-refractivity contribution in [3.8, 4) is 29.0 Å². The average molecular weight is 306 g/mol. The Bertz CT molecular complexity index is 847. The number of pyridine rings is 1. The first-order valence-electron chi connectivity index (χ1n) is 6.99. The quantitative estimate of drug-likeness (QED) is 0.707. The monoisotopic (exact) mass is 306 g/mol. The van der Waals surface area contributed by atoms with Crippen LogP contribution in [0.3, 0.4) is 0 Å². The lowest BCUT2D eigenvalue weighted by atomic mass is 10.2. The number of imidazole rings is 1. The molecule has 0 radical (unpaired) electrons. The predicted octanol–water partition coefficient (Wildman–Crippen LogP) is 3.09. The van der Waals surface area contributed by atoms with Gasteiger partial charge < -0.3 is 14.5 Å². The number of aromatic amines is 1. The summed E-state index contributed by atoms with van der Waals surface area (Å²) < 4.78 is 11.0. The molecule has 23 heavy (non-hydrogen) atoms. The Morgan fingerprint density at radius 3 is 3.00 bits per heavy atom. The number of nitrogens with zero attached hydrogens (tertiary/aromatic N) is 3. The zero-order valence-electron chi connectivity index (χ0n) is 12.3. The second-order valence-electron chi connectivity index (χ2n) is 4.68. The van der Waals surface area contributed by atoms with Crippen LogP contribution in [0.1, 0.15) is 0 Å². The average Bonchev–Trinajstić information content (AvgIpc) is 3.02. The van der Waals surface area contributed by atoms with E-state index in [1.807, 2.05) is 24.3 Å². The molecule has 0 bridgehead atoms. The smallest absolute Gasteiger partial charge is 0.174 e. The molecule has 0 aliphatic carbocycles. The third-order valence-corrected chi connectivity index (χ3v) is 3.15. The molecule has 0 saturated carbocycles. The van der Waals surface area contributed by atoms with Crippen molar-refractivity contribution in [2.75, 3.05) is 13.2 Å². The van der Waals surface area contributed by atoms with Crippen molar-refractivity contribution in [2.24, 2.45) is 0 Å². The Kier molecular flexibility index (Phi) is 4.20. The molecule has 1 aromatic carbocycles. The highest BCUT2D eigenvalue weighted by Gasteiger charge is 2.12. The van der Waals surface area contributed by atoms with Gasteiger partial charge in [0, 0.05) is 12.3 Å². The van der Waals surface area contributed by atoms with Gasteiger partial charge in [-0.1, -0.05) is 12.7 Å². The van der Waals surface area contributed by atoms with Gasteiger partial charge in [0.2, 0.25) is 0 Å². The lowest BCUT2D eigenvalue weighted by Crippen LogP contribution is -1.99. The molecular formula is C17H14N4O2. The Morgan fingerprint density at radius 2 is 2.22 bits per heavy atom. The topological polar surface area (TPSA) is 83.8 Å². The van der Waals surface area contributed by atoms with Crippen molar-refractivity contribution in [1.29, 1.82) is 5.26 Å². The highest BCUT2D eigenvalue weighted by molar-refractivity contribution is 5.80. The zero-order valence-corrected chi connectivity index (χ0v) is 12.3. The van der Waals surface area contributed by atoms with Gasteiger partial charge in [0.1, 0.15) is 30.0 Å². The number of ether oxygens (including phenoxy) is 2. The molecule has 1 N–H and O–H groups in total. The number of hydrogen-bond acceptors (Lipinski definition) is 5.